The third-order valence-corrected chi connectivity index (χ3v) is 2.78. The van der Waals surface area contributed by atoms with Gasteiger partial charge in [0.25, 0.3) is 0 Å². The lowest BCUT2D eigenvalue weighted by Crippen LogP contribution is -2.33. The van der Waals surface area contributed by atoms with Gasteiger partial charge in [-0.1, -0.05) is 18.2 Å². The minimum absolute atomic E-state index is 0.346. The topological polar surface area (TPSA) is 66.8 Å². The summed E-state index contributed by atoms with van der Waals surface area (Å²) < 4.78 is 18.3. The third kappa shape index (κ3) is 4.33. The second kappa shape index (κ2) is 6.84. The van der Waals surface area contributed by atoms with E-state index in [4.69, 9.17) is 9.84 Å². The standard InChI is InChI=1S/C13H16FNO4/c1-9(10-5-3-4-6-11(10)14)15(2)12(16)7-19-8-13(17)18/h3-6,9H,7-8H2,1-2H3,(H,17,18). The lowest BCUT2D eigenvalue weighted by atomic mass is 10.1. The van der Waals surface area contributed by atoms with Crippen LogP contribution in [0.15, 0.2) is 24.3 Å². The highest BCUT2D eigenvalue weighted by Crippen LogP contribution is 2.21. The van der Waals surface area contributed by atoms with Crippen molar-refractivity contribution < 1.29 is 23.8 Å². The molecule has 19 heavy (non-hydrogen) atoms. The van der Waals surface area contributed by atoms with E-state index in [9.17, 15) is 14.0 Å². The fourth-order valence-electron chi connectivity index (χ4n) is 1.57. The molecule has 0 aliphatic rings. The van der Waals surface area contributed by atoms with E-state index in [-0.39, 0.29) is 12.4 Å². The highest BCUT2D eigenvalue weighted by Gasteiger charge is 2.20. The molecular formula is C13H16FNO4. The minimum Gasteiger partial charge on any atom is -0.480 e. The molecule has 0 aromatic heterocycles. The van der Waals surface area contributed by atoms with Crippen LogP contribution in [-0.4, -0.2) is 42.1 Å². The van der Waals surface area contributed by atoms with Gasteiger partial charge in [0.05, 0.1) is 6.04 Å². The van der Waals surface area contributed by atoms with E-state index >= 15 is 0 Å². The van der Waals surface area contributed by atoms with Crippen LogP contribution in [0.1, 0.15) is 18.5 Å². The Hall–Kier alpha value is -1.95. The first kappa shape index (κ1) is 15.1. The average molecular weight is 269 g/mol. The van der Waals surface area contributed by atoms with Gasteiger partial charge >= 0.3 is 5.97 Å². The minimum atomic E-state index is -1.14. The molecular weight excluding hydrogens is 253 g/mol. The number of rotatable bonds is 6. The van der Waals surface area contributed by atoms with E-state index in [1.807, 2.05) is 0 Å². The molecule has 1 N–H and O–H groups in total. The SMILES string of the molecule is CC(c1ccccc1F)N(C)C(=O)COCC(=O)O. The van der Waals surface area contributed by atoms with Gasteiger partial charge in [-0.3, -0.25) is 4.79 Å². The molecule has 104 valence electrons. The third-order valence-electron chi connectivity index (χ3n) is 2.78. The number of carbonyl (C=O) groups is 2. The van der Waals surface area contributed by atoms with Gasteiger partial charge in [-0.05, 0) is 13.0 Å². The lowest BCUT2D eigenvalue weighted by Gasteiger charge is -2.25. The van der Waals surface area contributed by atoms with Crippen molar-refractivity contribution in [3.63, 3.8) is 0 Å². The summed E-state index contributed by atoms with van der Waals surface area (Å²) in [7, 11) is 1.52. The first-order valence-corrected chi connectivity index (χ1v) is 5.73. The number of carbonyl (C=O) groups excluding carboxylic acids is 1. The molecule has 5 nitrogen and oxygen atoms in total. The zero-order chi connectivity index (χ0) is 14.4. The molecule has 1 unspecified atom stereocenters. The van der Waals surface area contributed by atoms with E-state index < -0.39 is 24.5 Å². The Bertz CT molecular complexity index is 464. The number of ether oxygens (including phenoxy) is 1. The Kier molecular flexibility index (Phi) is 5.44. The predicted octanol–water partition coefficient (Wildman–Crippen LogP) is 1.45. The molecule has 0 fully saturated rings. The molecule has 0 heterocycles. The molecule has 0 aliphatic carbocycles. The van der Waals surface area contributed by atoms with E-state index in [2.05, 4.69) is 0 Å². The number of carboxylic acids is 1. The molecule has 0 saturated heterocycles. The normalized spacial score (nSPS) is 11.9. The van der Waals surface area contributed by atoms with Gasteiger partial charge in [0.15, 0.2) is 0 Å². The summed E-state index contributed by atoms with van der Waals surface area (Å²) in [6.07, 6.45) is 0. The smallest absolute Gasteiger partial charge is 0.329 e. The molecule has 0 radical (unpaired) electrons. The Morgan fingerprint density at radius 1 is 1.37 bits per heavy atom. The van der Waals surface area contributed by atoms with Crippen molar-refractivity contribution in [3.05, 3.63) is 35.6 Å². The predicted molar refractivity (Wildman–Crippen MR) is 66.0 cm³/mol. The van der Waals surface area contributed by atoms with Crippen molar-refractivity contribution in [1.29, 1.82) is 0 Å². The van der Waals surface area contributed by atoms with Gasteiger partial charge in [0, 0.05) is 12.6 Å². The highest BCUT2D eigenvalue weighted by atomic mass is 19.1. The number of amides is 1. The van der Waals surface area contributed by atoms with Gasteiger partial charge in [-0.2, -0.15) is 0 Å². The second-order valence-electron chi connectivity index (χ2n) is 4.09. The van der Waals surface area contributed by atoms with Gasteiger partial charge in [0.2, 0.25) is 5.91 Å². The van der Waals surface area contributed by atoms with Gasteiger partial charge in [-0.25, -0.2) is 9.18 Å². The zero-order valence-electron chi connectivity index (χ0n) is 10.8. The van der Waals surface area contributed by atoms with Crippen molar-refractivity contribution >= 4 is 11.9 Å². The molecule has 1 aromatic rings. The van der Waals surface area contributed by atoms with Crippen molar-refractivity contribution in [2.75, 3.05) is 20.3 Å². The number of benzene rings is 1. The van der Waals surface area contributed by atoms with Crippen LogP contribution < -0.4 is 0 Å². The van der Waals surface area contributed by atoms with E-state index in [1.165, 1.54) is 18.0 Å². The summed E-state index contributed by atoms with van der Waals surface area (Å²) in [5, 5.41) is 8.39. The summed E-state index contributed by atoms with van der Waals surface area (Å²) in [6.45, 7) is 0.808. The number of likely N-dealkylation sites (N-methyl/N-ethyl adjacent to an activating group) is 1. The molecule has 0 aliphatic heterocycles. The fraction of sp³-hybridized carbons (Fsp3) is 0.385. The van der Waals surface area contributed by atoms with Crippen LogP contribution in [0.25, 0.3) is 0 Å². The zero-order valence-corrected chi connectivity index (χ0v) is 10.8. The molecule has 0 bridgehead atoms. The Morgan fingerprint density at radius 2 is 2.00 bits per heavy atom. The second-order valence-corrected chi connectivity index (χ2v) is 4.09. The maximum atomic E-state index is 13.6. The average Bonchev–Trinajstić information content (AvgIpc) is 2.37. The molecule has 1 amide bonds. The summed E-state index contributed by atoms with van der Waals surface area (Å²) in [4.78, 5) is 23.3. The first-order valence-electron chi connectivity index (χ1n) is 5.73. The van der Waals surface area contributed by atoms with Crippen LogP contribution >= 0.6 is 0 Å². The quantitative estimate of drug-likeness (QED) is 0.848. The molecule has 1 aromatic carbocycles. The summed E-state index contributed by atoms with van der Waals surface area (Å²) in [5.41, 5.74) is 0.400. The van der Waals surface area contributed by atoms with Crippen LogP contribution in [0.2, 0.25) is 0 Å². The number of nitrogens with zero attached hydrogens (tertiary/aromatic N) is 1. The Morgan fingerprint density at radius 3 is 2.58 bits per heavy atom. The Balaban J connectivity index is 2.61. The van der Waals surface area contributed by atoms with Crippen LogP contribution in [0, 0.1) is 5.82 Å². The Labute approximate surface area is 110 Å². The number of halogens is 1. The number of aliphatic carboxylic acids is 1. The highest BCUT2D eigenvalue weighted by molar-refractivity contribution is 5.78. The number of hydrogen-bond donors (Lipinski definition) is 1. The van der Waals surface area contributed by atoms with Crippen LogP contribution in [-0.2, 0) is 14.3 Å². The molecule has 6 heteroatoms. The summed E-state index contributed by atoms with van der Waals surface area (Å²) in [5.74, 6) is -1.93. The number of carboxylic acid groups (broad SMARTS) is 1. The van der Waals surface area contributed by atoms with Gasteiger partial charge in [-0.15, -0.1) is 0 Å². The monoisotopic (exact) mass is 269 g/mol. The first-order chi connectivity index (χ1) is 8.93. The maximum absolute atomic E-state index is 13.6. The van der Waals surface area contributed by atoms with Gasteiger partial charge < -0.3 is 14.7 Å². The van der Waals surface area contributed by atoms with E-state index in [1.54, 1.807) is 25.1 Å². The molecule has 0 saturated carbocycles. The number of hydrogen-bond acceptors (Lipinski definition) is 3. The van der Waals surface area contributed by atoms with Gasteiger partial charge in [0.1, 0.15) is 19.0 Å². The maximum Gasteiger partial charge on any atom is 0.329 e. The fourth-order valence-corrected chi connectivity index (χ4v) is 1.57. The van der Waals surface area contributed by atoms with Crippen LogP contribution in [0.3, 0.4) is 0 Å². The van der Waals surface area contributed by atoms with E-state index in [0.717, 1.165) is 0 Å². The lowest BCUT2D eigenvalue weighted by molar-refractivity contribution is -0.146. The van der Waals surface area contributed by atoms with Crippen molar-refractivity contribution in [1.82, 2.24) is 4.90 Å². The molecule has 1 rings (SSSR count). The van der Waals surface area contributed by atoms with Crippen LogP contribution in [0.5, 0.6) is 0 Å². The van der Waals surface area contributed by atoms with E-state index in [0.29, 0.717) is 5.56 Å². The summed E-state index contributed by atoms with van der Waals surface area (Å²) in [6, 6.07) is 5.73. The largest absolute Gasteiger partial charge is 0.480 e. The molecule has 0 spiro atoms. The van der Waals surface area contributed by atoms with Crippen molar-refractivity contribution in [2.45, 2.75) is 13.0 Å². The summed E-state index contributed by atoms with van der Waals surface area (Å²) >= 11 is 0. The van der Waals surface area contributed by atoms with Crippen molar-refractivity contribution in [2.24, 2.45) is 0 Å². The molecule has 1 atom stereocenters. The van der Waals surface area contributed by atoms with Crippen molar-refractivity contribution in [3.8, 4) is 0 Å². The van der Waals surface area contributed by atoms with Crippen LogP contribution in [0.4, 0.5) is 4.39 Å².